The molecule has 5 nitrogen and oxygen atoms in total. The lowest BCUT2D eigenvalue weighted by molar-refractivity contribution is -0.177. The van der Waals surface area contributed by atoms with Crippen molar-refractivity contribution in [2.24, 2.45) is 0 Å². The first-order chi connectivity index (χ1) is 9.92. The van der Waals surface area contributed by atoms with Gasteiger partial charge in [-0.25, -0.2) is 0 Å². The van der Waals surface area contributed by atoms with Gasteiger partial charge in [-0.15, -0.1) is 0 Å². The van der Waals surface area contributed by atoms with Crippen molar-refractivity contribution in [2.45, 2.75) is 12.8 Å². The Morgan fingerprint density at radius 2 is 2.10 bits per heavy atom. The van der Waals surface area contributed by atoms with Crippen LogP contribution in [0.1, 0.15) is 17.3 Å². The van der Waals surface area contributed by atoms with Gasteiger partial charge >= 0.3 is 6.18 Å². The summed E-state index contributed by atoms with van der Waals surface area (Å²) >= 11 is 0. The predicted octanol–water partition coefficient (Wildman–Crippen LogP) is 2.90. The van der Waals surface area contributed by atoms with Crippen molar-refractivity contribution in [2.75, 3.05) is 12.3 Å². The number of hydrogen-bond donors (Lipinski definition) is 1. The monoisotopic (exact) mass is 299 g/mol. The van der Waals surface area contributed by atoms with Gasteiger partial charge in [-0.3, -0.25) is 0 Å². The maximum atomic E-state index is 11.9. The summed E-state index contributed by atoms with van der Waals surface area (Å²) in [6, 6.07) is 7.12. The second kappa shape index (κ2) is 6.40. The third-order valence-electron chi connectivity index (χ3n) is 2.31. The van der Waals surface area contributed by atoms with Gasteiger partial charge in [-0.2, -0.15) is 18.2 Å². The normalized spacial score (nSPS) is 12.1. The van der Waals surface area contributed by atoms with Gasteiger partial charge in [0.05, 0.1) is 0 Å². The minimum atomic E-state index is -4.38. The molecule has 1 aromatic heterocycles. The molecular formula is C13H12F3N3O2. The second-order valence-electron chi connectivity index (χ2n) is 4.16. The zero-order valence-corrected chi connectivity index (χ0v) is 10.8. The SMILES string of the molecule is Nc1cccc(/C=C/c2nc(COCC(F)(F)F)no2)c1. The largest absolute Gasteiger partial charge is 0.411 e. The molecule has 1 heterocycles. The summed E-state index contributed by atoms with van der Waals surface area (Å²) in [6.07, 6.45) is -1.14. The molecule has 0 saturated carbocycles. The minimum absolute atomic E-state index is 0.0477. The molecule has 0 fully saturated rings. The van der Waals surface area contributed by atoms with Crippen molar-refractivity contribution < 1.29 is 22.4 Å². The summed E-state index contributed by atoms with van der Waals surface area (Å²) in [6.45, 7) is -1.72. The molecule has 0 spiro atoms. The van der Waals surface area contributed by atoms with Gasteiger partial charge in [-0.1, -0.05) is 17.3 Å². The molecule has 0 atom stereocenters. The van der Waals surface area contributed by atoms with Gasteiger partial charge in [0.2, 0.25) is 0 Å². The summed E-state index contributed by atoms with van der Waals surface area (Å²) in [5.41, 5.74) is 7.08. The predicted molar refractivity (Wildman–Crippen MR) is 69.8 cm³/mol. The fourth-order valence-corrected chi connectivity index (χ4v) is 1.48. The zero-order chi connectivity index (χ0) is 15.3. The maximum absolute atomic E-state index is 11.9. The fourth-order valence-electron chi connectivity index (χ4n) is 1.48. The molecule has 0 saturated heterocycles. The first-order valence-electron chi connectivity index (χ1n) is 5.93. The summed E-state index contributed by atoms with van der Waals surface area (Å²) in [7, 11) is 0. The standard InChI is InChI=1S/C13H12F3N3O2/c14-13(15,16)8-20-7-11-18-12(21-19-11)5-4-9-2-1-3-10(17)6-9/h1-6H,7-8,17H2/b5-4+. The van der Waals surface area contributed by atoms with Gasteiger partial charge in [0, 0.05) is 11.8 Å². The molecule has 0 aliphatic rings. The highest BCUT2D eigenvalue weighted by Gasteiger charge is 2.27. The molecule has 8 heteroatoms. The van der Waals surface area contributed by atoms with Gasteiger partial charge in [0.25, 0.3) is 5.89 Å². The Labute approximate surface area is 118 Å². The van der Waals surface area contributed by atoms with E-state index in [1.165, 1.54) is 6.08 Å². The Morgan fingerprint density at radius 1 is 1.29 bits per heavy atom. The van der Waals surface area contributed by atoms with Gasteiger partial charge in [-0.05, 0) is 23.8 Å². The third-order valence-corrected chi connectivity index (χ3v) is 2.31. The van der Waals surface area contributed by atoms with Crippen molar-refractivity contribution in [3.8, 4) is 0 Å². The number of nitrogen functional groups attached to an aromatic ring is 1. The smallest absolute Gasteiger partial charge is 0.399 e. The highest BCUT2D eigenvalue weighted by atomic mass is 19.4. The van der Waals surface area contributed by atoms with E-state index < -0.39 is 12.8 Å². The number of hydrogen-bond acceptors (Lipinski definition) is 5. The van der Waals surface area contributed by atoms with E-state index in [1.807, 2.05) is 6.07 Å². The van der Waals surface area contributed by atoms with E-state index in [4.69, 9.17) is 10.3 Å². The first-order valence-corrected chi connectivity index (χ1v) is 5.93. The molecule has 1 aromatic carbocycles. The van der Waals surface area contributed by atoms with Crippen molar-refractivity contribution in [1.29, 1.82) is 0 Å². The molecular weight excluding hydrogens is 287 g/mol. The molecule has 0 unspecified atom stereocenters. The molecule has 0 bridgehead atoms. The van der Waals surface area contributed by atoms with Crippen LogP contribution in [0.3, 0.4) is 0 Å². The molecule has 0 aliphatic carbocycles. The van der Waals surface area contributed by atoms with E-state index in [1.54, 1.807) is 24.3 Å². The summed E-state index contributed by atoms with van der Waals surface area (Å²) in [5, 5.41) is 3.51. The Morgan fingerprint density at radius 3 is 2.81 bits per heavy atom. The number of ether oxygens (including phenoxy) is 1. The van der Waals surface area contributed by atoms with Crippen LogP contribution in [0.2, 0.25) is 0 Å². The molecule has 2 N–H and O–H groups in total. The van der Waals surface area contributed by atoms with E-state index in [2.05, 4.69) is 14.9 Å². The minimum Gasteiger partial charge on any atom is -0.399 e. The zero-order valence-electron chi connectivity index (χ0n) is 10.8. The topological polar surface area (TPSA) is 74.2 Å². The lowest BCUT2D eigenvalue weighted by Gasteiger charge is -2.04. The average molecular weight is 299 g/mol. The number of nitrogens with zero attached hydrogens (tertiary/aromatic N) is 2. The highest BCUT2D eigenvalue weighted by Crippen LogP contribution is 2.15. The summed E-state index contributed by atoms with van der Waals surface area (Å²) < 4.78 is 45.0. The average Bonchev–Trinajstić information content (AvgIpc) is 2.83. The molecule has 2 aromatic rings. The second-order valence-corrected chi connectivity index (χ2v) is 4.16. The van der Waals surface area contributed by atoms with Gasteiger partial charge in [0.15, 0.2) is 5.82 Å². The summed E-state index contributed by atoms with van der Waals surface area (Å²) in [5.74, 6) is 0.217. The molecule has 21 heavy (non-hydrogen) atoms. The number of anilines is 1. The van der Waals surface area contributed by atoms with Gasteiger partial charge < -0.3 is 15.0 Å². The van der Waals surface area contributed by atoms with Gasteiger partial charge in [0.1, 0.15) is 13.2 Å². The van der Waals surface area contributed by atoms with Crippen molar-refractivity contribution in [3.63, 3.8) is 0 Å². The number of aromatic nitrogens is 2. The van der Waals surface area contributed by atoms with Crippen LogP contribution in [-0.2, 0) is 11.3 Å². The Balaban J connectivity index is 1.91. The van der Waals surface area contributed by atoms with E-state index in [9.17, 15) is 13.2 Å². The van der Waals surface area contributed by atoms with Crippen LogP contribution in [0.4, 0.5) is 18.9 Å². The van der Waals surface area contributed by atoms with E-state index in [-0.39, 0.29) is 18.3 Å². The Kier molecular flexibility index (Phi) is 4.59. The van der Waals surface area contributed by atoms with Crippen LogP contribution in [0.5, 0.6) is 0 Å². The molecule has 0 radical (unpaired) electrons. The number of nitrogens with two attached hydrogens (primary N) is 1. The lowest BCUT2D eigenvalue weighted by Crippen LogP contribution is -2.16. The van der Waals surface area contributed by atoms with Crippen LogP contribution in [0, 0.1) is 0 Å². The lowest BCUT2D eigenvalue weighted by atomic mass is 10.2. The van der Waals surface area contributed by atoms with Crippen LogP contribution in [-0.4, -0.2) is 22.9 Å². The van der Waals surface area contributed by atoms with Crippen LogP contribution in [0.15, 0.2) is 28.8 Å². The Hall–Kier alpha value is -2.35. The molecule has 0 aliphatic heterocycles. The summed E-state index contributed by atoms with van der Waals surface area (Å²) in [4.78, 5) is 3.88. The molecule has 112 valence electrons. The Bertz CT molecular complexity index is 623. The first kappa shape index (κ1) is 15.0. The van der Waals surface area contributed by atoms with Crippen LogP contribution >= 0.6 is 0 Å². The van der Waals surface area contributed by atoms with Crippen LogP contribution in [0.25, 0.3) is 12.2 Å². The maximum Gasteiger partial charge on any atom is 0.411 e. The van der Waals surface area contributed by atoms with Crippen molar-refractivity contribution >= 4 is 17.8 Å². The third kappa shape index (κ3) is 5.27. The quantitative estimate of drug-likeness (QED) is 0.859. The molecule has 0 amide bonds. The van der Waals surface area contributed by atoms with Crippen molar-refractivity contribution in [3.05, 3.63) is 41.5 Å². The van der Waals surface area contributed by atoms with E-state index >= 15 is 0 Å². The van der Waals surface area contributed by atoms with E-state index in [0.29, 0.717) is 5.69 Å². The number of alkyl halides is 3. The number of rotatable bonds is 5. The molecule has 2 rings (SSSR count). The van der Waals surface area contributed by atoms with Crippen molar-refractivity contribution in [1.82, 2.24) is 10.1 Å². The van der Waals surface area contributed by atoms with Crippen LogP contribution < -0.4 is 5.73 Å². The highest BCUT2D eigenvalue weighted by molar-refractivity contribution is 5.67. The number of halogens is 3. The fraction of sp³-hybridized carbons (Fsp3) is 0.231. The number of benzene rings is 1. The van der Waals surface area contributed by atoms with E-state index in [0.717, 1.165) is 5.56 Å².